The molecule has 1 aromatic rings. The number of thiophene rings is 1. The number of ether oxygens (including phenoxy) is 1. The van der Waals surface area contributed by atoms with E-state index in [9.17, 15) is 0 Å². The summed E-state index contributed by atoms with van der Waals surface area (Å²) in [4.78, 5) is 1.19. The van der Waals surface area contributed by atoms with Crippen molar-refractivity contribution in [3.05, 3.63) is 17.0 Å². The van der Waals surface area contributed by atoms with Crippen molar-refractivity contribution in [2.45, 2.75) is 18.7 Å². The molecule has 0 fully saturated rings. The molecular formula is C8H11ClOS. The first kappa shape index (κ1) is 8.88. The van der Waals surface area contributed by atoms with Gasteiger partial charge in [-0.3, -0.25) is 0 Å². The third-order valence-electron chi connectivity index (χ3n) is 1.47. The smallest absolute Gasteiger partial charge is 0.173 e. The molecule has 0 N–H and O–H groups in total. The average molecular weight is 191 g/mol. The van der Waals surface area contributed by atoms with Crippen LogP contribution in [0.5, 0.6) is 5.06 Å². The minimum atomic E-state index is 0.142. The van der Waals surface area contributed by atoms with Crippen LogP contribution in [0.25, 0.3) is 0 Å². The van der Waals surface area contributed by atoms with Crippen LogP contribution in [0.4, 0.5) is 0 Å². The van der Waals surface area contributed by atoms with Gasteiger partial charge in [-0.2, -0.15) is 0 Å². The lowest BCUT2D eigenvalue weighted by Gasteiger charge is -2.00. The lowest BCUT2D eigenvalue weighted by Crippen LogP contribution is -1.80. The second-order valence-electron chi connectivity index (χ2n) is 2.24. The van der Waals surface area contributed by atoms with Crippen LogP contribution in [0, 0.1) is 0 Å². The van der Waals surface area contributed by atoms with Gasteiger partial charge in [0.05, 0.1) is 12.5 Å². The molecule has 1 rings (SSSR count). The first-order valence-electron chi connectivity index (χ1n) is 3.55. The minimum absolute atomic E-state index is 0.142. The minimum Gasteiger partial charge on any atom is -0.487 e. The molecule has 0 aliphatic carbocycles. The maximum absolute atomic E-state index is 6.02. The molecule has 0 saturated heterocycles. The zero-order chi connectivity index (χ0) is 8.27. The van der Waals surface area contributed by atoms with E-state index in [4.69, 9.17) is 16.3 Å². The summed E-state index contributed by atoms with van der Waals surface area (Å²) in [5.74, 6) is 0. The molecule has 11 heavy (non-hydrogen) atoms. The Kier molecular flexibility index (Phi) is 3.21. The van der Waals surface area contributed by atoms with Gasteiger partial charge in [0.25, 0.3) is 0 Å². The number of methoxy groups -OCH3 is 1. The van der Waals surface area contributed by atoms with Crippen molar-refractivity contribution >= 4 is 22.9 Å². The van der Waals surface area contributed by atoms with Crippen LogP contribution in [0.15, 0.2) is 12.1 Å². The number of rotatable bonds is 3. The van der Waals surface area contributed by atoms with E-state index >= 15 is 0 Å². The van der Waals surface area contributed by atoms with Crippen LogP contribution in [0.2, 0.25) is 0 Å². The van der Waals surface area contributed by atoms with Crippen LogP contribution < -0.4 is 4.74 Å². The normalized spacial score (nSPS) is 13.0. The van der Waals surface area contributed by atoms with Gasteiger partial charge < -0.3 is 4.74 Å². The molecule has 1 atom stereocenters. The van der Waals surface area contributed by atoms with Crippen molar-refractivity contribution in [1.82, 2.24) is 0 Å². The van der Waals surface area contributed by atoms with Crippen molar-refractivity contribution in [1.29, 1.82) is 0 Å². The lowest BCUT2D eigenvalue weighted by molar-refractivity contribution is 0.427. The molecule has 0 spiro atoms. The Morgan fingerprint density at radius 3 is 2.82 bits per heavy atom. The molecular weight excluding hydrogens is 180 g/mol. The molecule has 0 aliphatic rings. The summed E-state index contributed by atoms with van der Waals surface area (Å²) < 4.78 is 5.05. The zero-order valence-corrected chi connectivity index (χ0v) is 8.21. The molecule has 1 nitrogen and oxygen atoms in total. The Labute approximate surface area is 75.9 Å². The van der Waals surface area contributed by atoms with E-state index in [2.05, 4.69) is 6.92 Å². The van der Waals surface area contributed by atoms with Crippen molar-refractivity contribution in [2.75, 3.05) is 7.11 Å². The van der Waals surface area contributed by atoms with E-state index < -0.39 is 0 Å². The van der Waals surface area contributed by atoms with Gasteiger partial charge in [-0.1, -0.05) is 6.92 Å². The first-order valence-corrected chi connectivity index (χ1v) is 4.81. The van der Waals surface area contributed by atoms with Crippen molar-refractivity contribution in [3.63, 3.8) is 0 Å². The summed E-state index contributed by atoms with van der Waals surface area (Å²) in [6, 6.07) is 3.97. The van der Waals surface area contributed by atoms with E-state index in [1.54, 1.807) is 18.4 Å². The second-order valence-corrected chi connectivity index (χ2v) is 3.84. The van der Waals surface area contributed by atoms with Gasteiger partial charge in [0.2, 0.25) is 0 Å². The van der Waals surface area contributed by atoms with E-state index in [1.807, 2.05) is 12.1 Å². The van der Waals surface area contributed by atoms with E-state index in [-0.39, 0.29) is 5.38 Å². The van der Waals surface area contributed by atoms with E-state index in [0.29, 0.717) is 0 Å². The van der Waals surface area contributed by atoms with Crippen LogP contribution in [0.1, 0.15) is 23.6 Å². The van der Waals surface area contributed by atoms with Gasteiger partial charge in [-0.05, 0) is 18.6 Å². The van der Waals surface area contributed by atoms with Crippen molar-refractivity contribution in [2.24, 2.45) is 0 Å². The third kappa shape index (κ3) is 2.11. The van der Waals surface area contributed by atoms with Gasteiger partial charge in [0, 0.05) is 4.88 Å². The number of alkyl halides is 1. The SMILES string of the molecule is CCC(Cl)c1ccc(OC)s1. The maximum Gasteiger partial charge on any atom is 0.173 e. The summed E-state index contributed by atoms with van der Waals surface area (Å²) in [7, 11) is 1.67. The fourth-order valence-corrected chi connectivity index (χ4v) is 1.90. The Morgan fingerprint density at radius 1 is 1.64 bits per heavy atom. The lowest BCUT2D eigenvalue weighted by atomic mass is 10.3. The molecule has 1 unspecified atom stereocenters. The quantitative estimate of drug-likeness (QED) is 0.664. The summed E-state index contributed by atoms with van der Waals surface area (Å²) in [5.41, 5.74) is 0. The third-order valence-corrected chi connectivity index (χ3v) is 3.30. The Balaban J connectivity index is 2.71. The molecule has 0 saturated carbocycles. The van der Waals surface area contributed by atoms with Gasteiger partial charge in [-0.25, -0.2) is 0 Å². The number of hydrogen-bond acceptors (Lipinski definition) is 2. The van der Waals surface area contributed by atoms with Crippen LogP contribution in [-0.4, -0.2) is 7.11 Å². The van der Waals surface area contributed by atoms with Crippen LogP contribution in [-0.2, 0) is 0 Å². The monoisotopic (exact) mass is 190 g/mol. The highest BCUT2D eigenvalue weighted by molar-refractivity contribution is 7.14. The Hall–Kier alpha value is -0.210. The first-order chi connectivity index (χ1) is 5.27. The Morgan fingerprint density at radius 2 is 2.36 bits per heavy atom. The topological polar surface area (TPSA) is 9.23 Å². The van der Waals surface area contributed by atoms with Gasteiger partial charge in [-0.15, -0.1) is 22.9 Å². The number of hydrogen-bond donors (Lipinski definition) is 0. The van der Waals surface area contributed by atoms with Crippen LogP contribution in [0.3, 0.4) is 0 Å². The highest BCUT2D eigenvalue weighted by atomic mass is 35.5. The summed E-state index contributed by atoms with van der Waals surface area (Å²) in [6.45, 7) is 2.07. The Bertz CT molecular complexity index is 222. The predicted molar refractivity (Wildman–Crippen MR) is 49.8 cm³/mol. The molecule has 0 radical (unpaired) electrons. The molecule has 0 aromatic carbocycles. The second kappa shape index (κ2) is 3.98. The summed E-state index contributed by atoms with van der Waals surface area (Å²) in [6.07, 6.45) is 0.964. The molecule has 0 amide bonds. The largest absolute Gasteiger partial charge is 0.487 e. The van der Waals surface area contributed by atoms with Crippen molar-refractivity contribution < 1.29 is 4.74 Å². The van der Waals surface area contributed by atoms with Gasteiger partial charge >= 0.3 is 0 Å². The number of halogens is 1. The molecule has 1 aromatic heterocycles. The fraction of sp³-hybridized carbons (Fsp3) is 0.500. The summed E-state index contributed by atoms with van der Waals surface area (Å²) >= 11 is 7.63. The van der Waals surface area contributed by atoms with E-state index in [0.717, 1.165) is 11.5 Å². The molecule has 0 bridgehead atoms. The molecule has 1 heterocycles. The van der Waals surface area contributed by atoms with Gasteiger partial charge in [0.15, 0.2) is 5.06 Å². The van der Waals surface area contributed by atoms with Gasteiger partial charge in [0.1, 0.15) is 0 Å². The highest BCUT2D eigenvalue weighted by Gasteiger charge is 2.07. The molecule has 62 valence electrons. The molecule has 0 aliphatic heterocycles. The predicted octanol–water partition coefficient (Wildman–Crippen LogP) is 3.45. The standard InChI is InChI=1S/C8H11ClOS/c1-3-6(9)7-4-5-8(10-2)11-7/h4-6H,3H2,1-2H3. The van der Waals surface area contributed by atoms with Crippen molar-refractivity contribution in [3.8, 4) is 5.06 Å². The van der Waals surface area contributed by atoms with E-state index in [1.165, 1.54) is 4.88 Å². The average Bonchev–Trinajstić information content (AvgIpc) is 2.50. The molecule has 3 heteroatoms. The maximum atomic E-state index is 6.02. The van der Waals surface area contributed by atoms with Crippen LogP contribution >= 0.6 is 22.9 Å². The highest BCUT2D eigenvalue weighted by Crippen LogP contribution is 2.33. The summed E-state index contributed by atoms with van der Waals surface area (Å²) in [5, 5.41) is 1.07. The zero-order valence-electron chi connectivity index (χ0n) is 6.63. The fourth-order valence-electron chi connectivity index (χ4n) is 0.814.